The summed E-state index contributed by atoms with van der Waals surface area (Å²) in [5.74, 6) is -0.386. The third kappa shape index (κ3) is 4.64. The van der Waals surface area contributed by atoms with Crippen molar-refractivity contribution in [3.8, 4) is 6.07 Å². The number of carbonyl (C=O) groups excluding carboxylic acids is 1. The Bertz CT molecular complexity index is 574. The number of carbonyl (C=O) groups is 1. The van der Waals surface area contributed by atoms with E-state index in [1.165, 1.54) is 6.20 Å². The first-order chi connectivity index (χ1) is 9.88. The highest BCUT2D eigenvalue weighted by Crippen LogP contribution is 2.22. The molecule has 4 heteroatoms. The number of amides is 1. The van der Waals surface area contributed by atoms with Gasteiger partial charge in [-0.3, -0.25) is 4.79 Å². The maximum atomic E-state index is 12.2. The summed E-state index contributed by atoms with van der Waals surface area (Å²) in [6.45, 7) is 9.95. The average molecular weight is 285 g/mol. The highest BCUT2D eigenvalue weighted by atomic mass is 16.1. The van der Waals surface area contributed by atoms with E-state index < -0.39 is 0 Å². The molecular weight excluding hydrogens is 262 g/mol. The third-order valence-corrected chi connectivity index (χ3v) is 3.41. The van der Waals surface area contributed by atoms with Crippen LogP contribution in [0.4, 0.5) is 5.69 Å². The van der Waals surface area contributed by atoms with Gasteiger partial charge >= 0.3 is 0 Å². The van der Waals surface area contributed by atoms with E-state index in [2.05, 4.69) is 10.6 Å². The van der Waals surface area contributed by atoms with Crippen molar-refractivity contribution in [1.29, 1.82) is 5.26 Å². The van der Waals surface area contributed by atoms with Crippen molar-refractivity contribution in [3.05, 3.63) is 40.6 Å². The maximum Gasteiger partial charge on any atom is 0.267 e. The van der Waals surface area contributed by atoms with Gasteiger partial charge in [-0.1, -0.05) is 24.6 Å². The molecule has 1 aromatic carbocycles. The Morgan fingerprint density at radius 3 is 2.38 bits per heavy atom. The summed E-state index contributed by atoms with van der Waals surface area (Å²) in [5.41, 5.74) is 3.99. The minimum absolute atomic E-state index is 0.0784. The van der Waals surface area contributed by atoms with E-state index in [9.17, 15) is 4.79 Å². The number of nitrogens with zero attached hydrogens (tertiary/aromatic N) is 1. The van der Waals surface area contributed by atoms with Crippen molar-refractivity contribution in [2.45, 2.75) is 47.1 Å². The largest absolute Gasteiger partial charge is 0.387 e. The first-order valence-electron chi connectivity index (χ1n) is 7.14. The Kier molecular flexibility index (Phi) is 5.98. The smallest absolute Gasteiger partial charge is 0.267 e. The van der Waals surface area contributed by atoms with Gasteiger partial charge in [-0.25, -0.2) is 0 Å². The summed E-state index contributed by atoms with van der Waals surface area (Å²) in [4.78, 5) is 12.2. The number of nitriles is 1. The lowest BCUT2D eigenvalue weighted by Gasteiger charge is -2.13. The van der Waals surface area contributed by atoms with Crippen LogP contribution in [-0.2, 0) is 4.79 Å². The van der Waals surface area contributed by atoms with Gasteiger partial charge in [-0.05, 0) is 45.2 Å². The molecule has 0 radical (unpaired) electrons. The van der Waals surface area contributed by atoms with Crippen LogP contribution in [0.5, 0.6) is 0 Å². The predicted molar refractivity (Wildman–Crippen MR) is 85.9 cm³/mol. The molecule has 1 aromatic rings. The van der Waals surface area contributed by atoms with E-state index in [4.69, 9.17) is 5.26 Å². The Morgan fingerprint density at radius 1 is 1.33 bits per heavy atom. The van der Waals surface area contributed by atoms with Gasteiger partial charge in [0, 0.05) is 17.9 Å². The lowest BCUT2D eigenvalue weighted by atomic mass is 10.0. The summed E-state index contributed by atoms with van der Waals surface area (Å²) >= 11 is 0. The molecule has 0 aliphatic carbocycles. The molecule has 0 heterocycles. The van der Waals surface area contributed by atoms with Crippen LogP contribution < -0.4 is 10.6 Å². The fraction of sp³-hybridized carbons (Fsp3) is 0.412. The molecular formula is C17H23N3O. The second-order valence-corrected chi connectivity index (χ2v) is 5.37. The number of hydrogen-bond donors (Lipinski definition) is 2. The van der Waals surface area contributed by atoms with E-state index >= 15 is 0 Å². The first-order valence-corrected chi connectivity index (χ1v) is 7.14. The average Bonchev–Trinajstić information content (AvgIpc) is 2.43. The number of benzene rings is 1. The zero-order valence-corrected chi connectivity index (χ0v) is 13.4. The van der Waals surface area contributed by atoms with Crippen molar-refractivity contribution in [2.75, 3.05) is 5.32 Å². The van der Waals surface area contributed by atoms with Crippen LogP contribution in [-0.4, -0.2) is 11.9 Å². The van der Waals surface area contributed by atoms with E-state index in [0.717, 1.165) is 28.8 Å². The SMILES string of the molecule is CCC(C)N/C=C(/C#N)C(=O)Nc1c(C)cc(C)cc1C. The minimum atomic E-state index is -0.386. The van der Waals surface area contributed by atoms with Crippen LogP contribution in [0.15, 0.2) is 23.9 Å². The van der Waals surface area contributed by atoms with Crippen molar-refractivity contribution in [2.24, 2.45) is 0 Å². The van der Waals surface area contributed by atoms with Crippen LogP contribution in [0.1, 0.15) is 37.0 Å². The number of hydrogen-bond acceptors (Lipinski definition) is 3. The zero-order valence-electron chi connectivity index (χ0n) is 13.4. The second-order valence-electron chi connectivity index (χ2n) is 5.37. The van der Waals surface area contributed by atoms with Crippen LogP contribution in [0.2, 0.25) is 0 Å². The van der Waals surface area contributed by atoms with Gasteiger partial charge in [-0.15, -0.1) is 0 Å². The quantitative estimate of drug-likeness (QED) is 0.644. The summed E-state index contributed by atoms with van der Waals surface area (Å²) in [5, 5.41) is 15.0. The predicted octanol–water partition coefficient (Wildman–Crippen LogP) is 3.35. The maximum absolute atomic E-state index is 12.2. The van der Waals surface area contributed by atoms with Gasteiger partial charge in [0.05, 0.1) is 0 Å². The summed E-state index contributed by atoms with van der Waals surface area (Å²) in [6.07, 6.45) is 2.41. The highest BCUT2D eigenvalue weighted by Gasteiger charge is 2.12. The molecule has 1 atom stereocenters. The number of aryl methyl sites for hydroxylation is 3. The van der Waals surface area contributed by atoms with Gasteiger partial charge in [-0.2, -0.15) is 5.26 Å². The molecule has 1 amide bonds. The molecule has 0 aromatic heterocycles. The van der Waals surface area contributed by atoms with Gasteiger partial charge in [0.2, 0.25) is 0 Å². The van der Waals surface area contributed by atoms with Crippen molar-refractivity contribution in [1.82, 2.24) is 5.32 Å². The van der Waals surface area contributed by atoms with Gasteiger partial charge in [0.1, 0.15) is 11.6 Å². The van der Waals surface area contributed by atoms with Gasteiger partial charge in [0.25, 0.3) is 5.91 Å². The standard InChI is InChI=1S/C17H23N3O/c1-6-14(5)19-10-15(9-18)17(21)20-16-12(3)7-11(2)8-13(16)4/h7-8,10,14,19H,6H2,1-5H3,(H,20,21)/b15-10-. The van der Waals surface area contributed by atoms with E-state index in [1.807, 2.05) is 52.8 Å². The van der Waals surface area contributed by atoms with E-state index in [1.54, 1.807) is 0 Å². The first kappa shape index (κ1) is 16.8. The van der Waals surface area contributed by atoms with Crippen LogP contribution in [0.25, 0.3) is 0 Å². The molecule has 0 fully saturated rings. The van der Waals surface area contributed by atoms with E-state index in [0.29, 0.717) is 0 Å². The monoisotopic (exact) mass is 285 g/mol. The Balaban J connectivity index is 2.92. The highest BCUT2D eigenvalue weighted by molar-refractivity contribution is 6.07. The molecule has 2 N–H and O–H groups in total. The number of nitrogens with one attached hydrogen (secondary N) is 2. The summed E-state index contributed by atoms with van der Waals surface area (Å²) in [6, 6.07) is 6.18. The molecule has 0 aliphatic heterocycles. The van der Waals surface area contributed by atoms with Crippen LogP contribution in [0.3, 0.4) is 0 Å². The number of rotatable bonds is 5. The molecule has 0 aliphatic rings. The Hall–Kier alpha value is -2.28. The third-order valence-electron chi connectivity index (χ3n) is 3.41. The molecule has 21 heavy (non-hydrogen) atoms. The Labute approximate surface area is 126 Å². The lowest BCUT2D eigenvalue weighted by Crippen LogP contribution is -2.22. The lowest BCUT2D eigenvalue weighted by molar-refractivity contribution is -0.112. The van der Waals surface area contributed by atoms with E-state index in [-0.39, 0.29) is 17.5 Å². The zero-order chi connectivity index (χ0) is 16.0. The summed E-state index contributed by atoms with van der Waals surface area (Å²) < 4.78 is 0. The fourth-order valence-corrected chi connectivity index (χ4v) is 2.05. The molecule has 4 nitrogen and oxygen atoms in total. The number of anilines is 1. The van der Waals surface area contributed by atoms with Crippen molar-refractivity contribution in [3.63, 3.8) is 0 Å². The molecule has 0 saturated carbocycles. The van der Waals surface area contributed by atoms with Gasteiger partial charge in [0.15, 0.2) is 0 Å². The molecule has 0 spiro atoms. The van der Waals surface area contributed by atoms with Crippen LogP contribution in [0, 0.1) is 32.1 Å². The van der Waals surface area contributed by atoms with Crippen molar-refractivity contribution < 1.29 is 4.79 Å². The summed E-state index contributed by atoms with van der Waals surface area (Å²) in [7, 11) is 0. The Morgan fingerprint density at radius 2 is 1.90 bits per heavy atom. The topological polar surface area (TPSA) is 64.9 Å². The molecule has 0 saturated heterocycles. The molecule has 112 valence electrons. The molecule has 1 unspecified atom stereocenters. The second kappa shape index (κ2) is 7.49. The molecule has 0 bridgehead atoms. The van der Waals surface area contributed by atoms with Crippen LogP contribution >= 0.6 is 0 Å². The van der Waals surface area contributed by atoms with Crippen molar-refractivity contribution >= 4 is 11.6 Å². The molecule has 1 rings (SSSR count). The minimum Gasteiger partial charge on any atom is -0.387 e. The fourth-order valence-electron chi connectivity index (χ4n) is 2.05. The van der Waals surface area contributed by atoms with Gasteiger partial charge < -0.3 is 10.6 Å². The normalized spacial score (nSPS) is 12.5.